The SMILES string of the molecule is CC1(c2cccc(NC(=O)CCCc3cccs3)c2)NC(=O)NC1=O. The Labute approximate surface area is 149 Å². The van der Waals surface area contributed by atoms with E-state index in [-0.39, 0.29) is 5.91 Å². The van der Waals surface area contributed by atoms with Gasteiger partial charge in [-0.05, 0) is 48.9 Å². The van der Waals surface area contributed by atoms with Gasteiger partial charge < -0.3 is 10.6 Å². The summed E-state index contributed by atoms with van der Waals surface area (Å²) in [5.74, 6) is -0.476. The van der Waals surface area contributed by atoms with Crippen LogP contribution in [-0.2, 0) is 21.5 Å². The van der Waals surface area contributed by atoms with Gasteiger partial charge in [0.15, 0.2) is 0 Å². The van der Waals surface area contributed by atoms with Crippen LogP contribution in [0.25, 0.3) is 0 Å². The van der Waals surface area contributed by atoms with Crippen LogP contribution < -0.4 is 16.0 Å². The molecule has 0 aliphatic carbocycles. The molecule has 3 rings (SSSR count). The van der Waals surface area contributed by atoms with Crippen LogP contribution in [0.5, 0.6) is 0 Å². The summed E-state index contributed by atoms with van der Waals surface area (Å²) in [4.78, 5) is 36.8. The van der Waals surface area contributed by atoms with E-state index in [9.17, 15) is 14.4 Å². The molecule has 1 aliphatic rings. The third-order valence-electron chi connectivity index (χ3n) is 4.18. The predicted octanol–water partition coefficient (Wildman–Crippen LogP) is 2.76. The Balaban J connectivity index is 1.60. The summed E-state index contributed by atoms with van der Waals surface area (Å²) in [5.41, 5.74) is 0.0952. The molecule has 25 heavy (non-hydrogen) atoms. The van der Waals surface area contributed by atoms with Crippen LogP contribution in [0, 0.1) is 0 Å². The van der Waals surface area contributed by atoms with Crippen LogP contribution in [0.4, 0.5) is 10.5 Å². The van der Waals surface area contributed by atoms with Crippen LogP contribution in [0.1, 0.15) is 30.2 Å². The Hall–Kier alpha value is -2.67. The standard InChI is InChI=1S/C18H19N3O3S/c1-18(16(23)20-17(24)21-18)12-5-2-6-13(11-12)19-15(22)9-3-7-14-8-4-10-25-14/h2,4-6,8,10-11H,3,7,9H2,1H3,(H,19,22)(H2,20,21,23,24). The van der Waals surface area contributed by atoms with Crippen molar-refractivity contribution >= 4 is 34.9 Å². The molecule has 2 heterocycles. The number of carbonyl (C=O) groups excluding carboxylic acids is 3. The van der Waals surface area contributed by atoms with Crippen molar-refractivity contribution in [3.63, 3.8) is 0 Å². The lowest BCUT2D eigenvalue weighted by Crippen LogP contribution is -2.40. The van der Waals surface area contributed by atoms with Gasteiger partial charge in [-0.1, -0.05) is 18.2 Å². The number of hydrogen-bond acceptors (Lipinski definition) is 4. The fraction of sp³-hybridized carbons (Fsp3) is 0.278. The summed E-state index contributed by atoms with van der Waals surface area (Å²) in [7, 11) is 0. The summed E-state index contributed by atoms with van der Waals surface area (Å²) in [6.07, 6.45) is 2.09. The van der Waals surface area contributed by atoms with E-state index in [0.29, 0.717) is 17.7 Å². The smallest absolute Gasteiger partial charge is 0.322 e. The lowest BCUT2D eigenvalue weighted by atomic mass is 9.92. The molecule has 1 fully saturated rings. The summed E-state index contributed by atoms with van der Waals surface area (Å²) in [6.45, 7) is 1.63. The maximum Gasteiger partial charge on any atom is 0.322 e. The minimum Gasteiger partial charge on any atom is -0.326 e. The Morgan fingerprint density at radius 1 is 1.24 bits per heavy atom. The zero-order valence-corrected chi connectivity index (χ0v) is 14.6. The molecule has 7 heteroatoms. The lowest BCUT2D eigenvalue weighted by molar-refractivity contribution is -0.123. The number of nitrogens with one attached hydrogen (secondary N) is 3. The number of urea groups is 1. The zero-order chi connectivity index (χ0) is 17.9. The topological polar surface area (TPSA) is 87.3 Å². The van der Waals surface area contributed by atoms with E-state index in [4.69, 9.17) is 0 Å². The number of thiophene rings is 1. The molecule has 2 aromatic rings. The first-order valence-corrected chi connectivity index (χ1v) is 8.92. The minimum atomic E-state index is -1.13. The number of benzene rings is 1. The molecule has 4 amide bonds. The third kappa shape index (κ3) is 3.88. The number of rotatable bonds is 6. The van der Waals surface area contributed by atoms with Crippen molar-refractivity contribution < 1.29 is 14.4 Å². The molecule has 0 bridgehead atoms. The largest absolute Gasteiger partial charge is 0.326 e. The summed E-state index contributed by atoms with van der Waals surface area (Å²) < 4.78 is 0. The summed E-state index contributed by atoms with van der Waals surface area (Å²) >= 11 is 1.69. The molecule has 0 saturated carbocycles. The predicted molar refractivity (Wildman–Crippen MR) is 96.4 cm³/mol. The van der Waals surface area contributed by atoms with E-state index < -0.39 is 17.5 Å². The third-order valence-corrected chi connectivity index (χ3v) is 5.11. The van der Waals surface area contributed by atoms with E-state index in [0.717, 1.165) is 12.8 Å². The number of anilines is 1. The first-order chi connectivity index (χ1) is 12.0. The number of aryl methyl sites for hydroxylation is 1. The van der Waals surface area contributed by atoms with Gasteiger partial charge in [-0.2, -0.15) is 0 Å². The summed E-state index contributed by atoms with van der Waals surface area (Å²) in [6, 6.07) is 10.5. The Bertz CT molecular complexity index is 804. The van der Waals surface area contributed by atoms with Gasteiger partial charge in [0.25, 0.3) is 5.91 Å². The molecule has 6 nitrogen and oxygen atoms in total. The van der Waals surface area contributed by atoms with Gasteiger partial charge in [0, 0.05) is 17.0 Å². The maximum absolute atomic E-state index is 12.1. The highest BCUT2D eigenvalue weighted by atomic mass is 32.1. The van der Waals surface area contributed by atoms with Crippen LogP contribution >= 0.6 is 11.3 Å². The van der Waals surface area contributed by atoms with Gasteiger partial charge in [0.05, 0.1) is 0 Å². The van der Waals surface area contributed by atoms with Crippen molar-refractivity contribution in [1.29, 1.82) is 0 Å². The van der Waals surface area contributed by atoms with Crippen molar-refractivity contribution in [1.82, 2.24) is 10.6 Å². The fourth-order valence-corrected chi connectivity index (χ4v) is 3.51. The van der Waals surface area contributed by atoms with Gasteiger partial charge in [-0.3, -0.25) is 14.9 Å². The van der Waals surface area contributed by atoms with Gasteiger partial charge in [-0.15, -0.1) is 11.3 Å². The van der Waals surface area contributed by atoms with E-state index in [1.54, 1.807) is 42.5 Å². The number of carbonyl (C=O) groups is 3. The average Bonchev–Trinajstić information content (AvgIpc) is 3.16. The second-order valence-electron chi connectivity index (χ2n) is 6.10. The fourth-order valence-electron chi connectivity index (χ4n) is 2.76. The highest BCUT2D eigenvalue weighted by Gasteiger charge is 2.43. The number of amides is 4. The molecule has 130 valence electrons. The first-order valence-electron chi connectivity index (χ1n) is 8.04. The van der Waals surface area contributed by atoms with Crippen LogP contribution in [0.3, 0.4) is 0 Å². The van der Waals surface area contributed by atoms with Crippen LogP contribution in [-0.4, -0.2) is 17.8 Å². The molecule has 1 aliphatic heterocycles. The minimum absolute atomic E-state index is 0.0706. The molecule has 1 aromatic heterocycles. The van der Waals surface area contributed by atoms with Gasteiger partial charge in [-0.25, -0.2) is 4.79 Å². The monoisotopic (exact) mass is 357 g/mol. The van der Waals surface area contributed by atoms with Crippen molar-refractivity contribution in [3.05, 3.63) is 52.2 Å². The van der Waals surface area contributed by atoms with Crippen molar-refractivity contribution in [2.45, 2.75) is 31.7 Å². The lowest BCUT2D eigenvalue weighted by Gasteiger charge is -2.21. The molecule has 0 spiro atoms. The van der Waals surface area contributed by atoms with Crippen LogP contribution in [0.15, 0.2) is 41.8 Å². The molecular formula is C18H19N3O3S. The normalized spacial score (nSPS) is 19.4. The Kier molecular flexibility index (Phi) is 4.85. The van der Waals surface area contributed by atoms with Gasteiger partial charge in [0.1, 0.15) is 5.54 Å². The van der Waals surface area contributed by atoms with Gasteiger partial charge in [0.2, 0.25) is 5.91 Å². The summed E-state index contributed by atoms with van der Waals surface area (Å²) in [5, 5.41) is 9.72. The van der Waals surface area contributed by atoms with E-state index in [1.807, 2.05) is 11.4 Å². The molecule has 1 atom stereocenters. The number of hydrogen-bond donors (Lipinski definition) is 3. The molecule has 0 radical (unpaired) electrons. The number of imide groups is 1. The van der Waals surface area contributed by atoms with Crippen LogP contribution in [0.2, 0.25) is 0 Å². The molecule has 3 N–H and O–H groups in total. The van der Waals surface area contributed by atoms with E-state index in [2.05, 4.69) is 22.0 Å². The average molecular weight is 357 g/mol. The Morgan fingerprint density at radius 2 is 2.08 bits per heavy atom. The van der Waals surface area contributed by atoms with Crippen molar-refractivity contribution in [2.75, 3.05) is 5.32 Å². The Morgan fingerprint density at radius 3 is 2.76 bits per heavy atom. The second kappa shape index (κ2) is 7.06. The van der Waals surface area contributed by atoms with E-state index in [1.165, 1.54) is 4.88 Å². The zero-order valence-electron chi connectivity index (χ0n) is 13.8. The van der Waals surface area contributed by atoms with Crippen molar-refractivity contribution in [2.24, 2.45) is 0 Å². The van der Waals surface area contributed by atoms with E-state index >= 15 is 0 Å². The van der Waals surface area contributed by atoms with Crippen molar-refractivity contribution in [3.8, 4) is 0 Å². The van der Waals surface area contributed by atoms with Gasteiger partial charge >= 0.3 is 6.03 Å². The second-order valence-corrected chi connectivity index (χ2v) is 7.13. The molecular weight excluding hydrogens is 338 g/mol. The highest BCUT2D eigenvalue weighted by Crippen LogP contribution is 2.26. The molecule has 1 saturated heterocycles. The molecule has 1 aromatic carbocycles. The highest BCUT2D eigenvalue weighted by molar-refractivity contribution is 7.09. The quantitative estimate of drug-likeness (QED) is 0.695. The first kappa shape index (κ1) is 17.2. The maximum atomic E-state index is 12.1. The molecule has 1 unspecified atom stereocenters.